The van der Waals surface area contributed by atoms with E-state index in [2.05, 4.69) is 5.32 Å². The molecular formula is C17H23N3O5S. The number of rotatable bonds is 3. The van der Waals surface area contributed by atoms with Gasteiger partial charge in [0.25, 0.3) is 0 Å². The van der Waals surface area contributed by atoms with Crippen LogP contribution in [0.15, 0.2) is 18.2 Å². The second-order valence-electron chi connectivity index (χ2n) is 6.97. The van der Waals surface area contributed by atoms with E-state index in [1.165, 1.54) is 0 Å². The number of hydrogen-bond acceptors (Lipinski definition) is 5. The van der Waals surface area contributed by atoms with Crippen LogP contribution in [0.5, 0.6) is 0 Å². The third-order valence-electron chi connectivity index (χ3n) is 5.10. The topological polar surface area (TPSA) is 107 Å². The van der Waals surface area contributed by atoms with Gasteiger partial charge in [-0.25, -0.2) is 13.2 Å². The standard InChI is InChI=1S/C17H23N3O5S/c1-11-4-3-5-12(2)16(11)18-17(23)20-7-6-19(8-15(21)22)13-9-26(24,25)10-14(13)20/h3-5,13-14H,6-10H2,1-2H3,(H,18,23)(H,21,22)/t13-,14+/m1/s1. The van der Waals surface area contributed by atoms with Crippen molar-refractivity contribution in [2.75, 3.05) is 36.5 Å². The average Bonchev–Trinajstić information content (AvgIpc) is 2.86. The molecule has 2 atom stereocenters. The number of urea groups is 1. The first-order valence-electron chi connectivity index (χ1n) is 8.48. The van der Waals surface area contributed by atoms with Gasteiger partial charge in [-0.1, -0.05) is 18.2 Å². The highest BCUT2D eigenvalue weighted by Gasteiger charge is 2.48. The molecule has 0 bridgehead atoms. The first-order valence-corrected chi connectivity index (χ1v) is 10.3. The number of para-hydroxylation sites is 1. The van der Waals surface area contributed by atoms with E-state index < -0.39 is 27.9 Å². The number of nitrogens with one attached hydrogen (secondary N) is 1. The molecule has 0 unspecified atom stereocenters. The number of fused-ring (bicyclic) bond motifs is 1. The first-order chi connectivity index (χ1) is 12.2. The minimum Gasteiger partial charge on any atom is -0.480 e. The van der Waals surface area contributed by atoms with Crippen LogP contribution in [0.2, 0.25) is 0 Å². The SMILES string of the molecule is Cc1cccc(C)c1NC(=O)N1CCN(CC(=O)O)[C@@H]2CS(=O)(=O)C[C@@H]21. The van der Waals surface area contributed by atoms with Gasteiger partial charge in [-0.3, -0.25) is 9.69 Å². The van der Waals surface area contributed by atoms with Gasteiger partial charge in [0.05, 0.1) is 24.1 Å². The monoisotopic (exact) mass is 381 g/mol. The number of anilines is 1. The molecule has 2 heterocycles. The molecule has 0 saturated carbocycles. The molecular weight excluding hydrogens is 358 g/mol. The van der Waals surface area contributed by atoms with E-state index in [1.807, 2.05) is 32.0 Å². The summed E-state index contributed by atoms with van der Waals surface area (Å²) in [6, 6.07) is 4.35. The zero-order chi connectivity index (χ0) is 19.1. The fourth-order valence-corrected chi connectivity index (χ4v) is 5.85. The Morgan fingerprint density at radius 1 is 1.15 bits per heavy atom. The highest BCUT2D eigenvalue weighted by atomic mass is 32.2. The summed E-state index contributed by atoms with van der Waals surface area (Å²) in [5, 5.41) is 12.0. The van der Waals surface area contributed by atoms with E-state index in [0.29, 0.717) is 13.1 Å². The van der Waals surface area contributed by atoms with E-state index in [-0.39, 0.29) is 24.1 Å². The molecule has 2 fully saturated rings. The van der Waals surface area contributed by atoms with Gasteiger partial charge in [-0.05, 0) is 25.0 Å². The Hall–Kier alpha value is -2.13. The van der Waals surface area contributed by atoms with Crippen molar-refractivity contribution in [1.29, 1.82) is 0 Å². The molecule has 2 amide bonds. The van der Waals surface area contributed by atoms with Crippen LogP contribution in [0.1, 0.15) is 11.1 Å². The number of carbonyl (C=O) groups excluding carboxylic acids is 1. The van der Waals surface area contributed by atoms with Gasteiger partial charge in [0.15, 0.2) is 9.84 Å². The molecule has 9 heteroatoms. The second kappa shape index (κ2) is 6.88. The molecule has 26 heavy (non-hydrogen) atoms. The van der Waals surface area contributed by atoms with E-state index >= 15 is 0 Å². The summed E-state index contributed by atoms with van der Waals surface area (Å²) in [5.41, 5.74) is 2.58. The third kappa shape index (κ3) is 3.68. The molecule has 0 spiro atoms. The molecule has 8 nitrogen and oxygen atoms in total. The minimum atomic E-state index is -3.31. The van der Waals surface area contributed by atoms with Crippen LogP contribution in [0.25, 0.3) is 0 Å². The van der Waals surface area contributed by atoms with Gasteiger partial charge in [0, 0.05) is 24.8 Å². The predicted octanol–water partition coefficient (Wildman–Crippen LogP) is 0.703. The number of carboxylic acids is 1. The zero-order valence-electron chi connectivity index (χ0n) is 14.8. The van der Waals surface area contributed by atoms with Crippen LogP contribution in [0.4, 0.5) is 10.5 Å². The fraction of sp³-hybridized carbons (Fsp3) is 0.529. The smallest absolute Gasteiger partial charge is 0.322 e. The molecule has 1 aromatic carbocycles. The van der Waals surface area contributed by atoms with Gasteiger partial charge < -0.3 is 15.3 Å². The lowest BCUT2D eigenvalue weighted by Crippen LogP contribution is -2.62. The minimum absolute atomic E-state index is 0.113. The summed E-state index contributed by atoms with van der Waals surface area (Å²) in [6.45, 7) is 4.21. The van der Waals surface area contributed by atoms with Crippen LogP contribution in [-0.4, -0.2) is 78.5 Å². The zero-order valence-corrected chi connectivity index (χ0v) is 15.6. The first kappa shape index (κ1) is 18.7. The lowest BCUT2D eigenvalue weighted by Gasteiger charge is -2.43. The summed E-state index contributed by atoms with van der Waals surface area (Å²) in [6.07, 6.45) is 0. The number of benzene rings is 1. The summed E-state index contributed by atoms with van der Waals surface area (Å²) in [5.74, 6) is -1.24. The molecule has 1 aromatic rings. The third-order valence-corrected chi connectivity index (χ3v) is 6.80. The maximum atomic E-state index is 12.8. The van der Waals surface area contributed by atoms with Crippen molar-refractivity contribution in [3.8, 4) is 0 Å². The molecule has 2 saturated heterocycles. The van der Waals surface area contributed by atoms with Crippen molar-refractivity contribution in [1.82, 2.24) is 9.80 Å². The number of aryl methyl sites for hydroxylation is 2. The van der Waals surface area contributed by atoms with Gasteiger partial charge in [-0.2, -0.15) is 0 Å². The number of piperazine rings is 1. The number of amides is 2. The molecule has 0 aromatic heterocycles. The molecule has 2 aliphatic rings. The van der Waals surface area contributed by atoms with Crippen molar-refractivity contribution in [3.63, 3.8) is 0 Å². The van der Waals surface area contributed by atoms with Crippen LogP contribution in [0.3, 0.4) is 0 Å². The highest BCUT2D eigenvalue weighted by Crippen LogP contribution is 2.28. The maximum Gasteiger partial charge on any atom is 0.322 e. The molecule has 0 radical (unpaired) electrons. The molecule has 2 N–H and O–H groups in total. The van der Waals surface area contributed by atoms with Crippen molar-refractivity contribution < 1.29 is 23.1 Å². The normalized spacial score (nSPS) is 24.9. The van der Waals surface area contributed by atoms with Crippen LogP contribution < -0.4 is 5.32 Å². The molecule has 2 aliphatic heterocycles. The summed E-state index contributed by atoms with van der Waals surface area (Å²) < 4.78 is 24.3. The van der Waals surface area contributed by atoms with E-state index in [1.54, 1.807) is 9.80 Å². The number of sulfone groups is 1. The Morgan fingerprint density at radius 3 is 2.38 bits per heavy atom. The highest BCUT2D eigenvalue weighted by molar-refractivity contribution is 7.91. The number of hydrogen-bond donors (Lipinski definition) is 2. The van der Waals surface area contributed by atoms with E-state index in [4.69, 9.17) is 5.11 Å². The van der Waals surface area contributed by atoms with Gasteiger partial charge in [0.2, 0.25) is 0 Å². The Kier molecular flexibility index (Phi) is 4.94. The molecule has 142 valence electrons. The number of aliphatic carboxylic acids is 1. The van der Waals surface area contributed by atoms with Crippen molar-refractivity contribution in [2.45, 2.75) is 25.9 Å². The van der Waals surface area contributed by atoms with Crippen LogP contribution >= 0.6 is 0 Å². The molecule has 3 rings (SSSR count). The van der Waals surface area contributed by atoms with Crippen molar-refractivity contribution in [3.05, 3.63) is 29.3 Å². The summed E-state index contributed by atoms with van der Waals surface area (Å²) in [4.78, 5) is 27.1. The molecule has 0 aliphatic carbocycles. The number of nitrogens with zero attached hydrogens (tertiary/aromatic N) is 2. The Labute approximate surface area is 152 Å². The lowest BCUT2D eigenvalue weighted by molar-refractivity contribution is -0.139. The Balaban J connectivity index is 1.82. The van der Waals surface area contributed by atoms with Gasteiger partial charge in [-0.15, -0.1) is 0 Å². The van der Waals surface area contributed by atoms with Gasteiger partial charge in [0.1, 0.15) is 0 Å². The number of carboxylic acid groups (broad SMARTS) is 1. The summed E-state index contributed by atoms with van der Waals surface area (Å²) >= 11 is 0. The Bertz CT molecular complexity index is 819. The average molecular weight is 381 g/mol. The lowest BCUT2D eigenvalue weighted by atomic mass is 10.0. The van der Waals surface area contributed by atoms with Crippen molar-refractivity contribution >= 4 is 27.5 Å². The predicted molar refractivity (Wildman–Crippen MR) is 97.1 cm³/mol. The van der Waals surface area contributed by atoms with Crippen LogP contribution in [-0.2, 0) is 14.6 Å². The second-order valence-corrected chi connectivity index (χ2v) is 9.12. The summed E-state index contributed by atoms with van der Waals surface area (Å²) in [7, 11) is -3.31. The quantitative estimate of drug-likeness (QED) is 0.798. The maximum absolute atomic E-state index is 12.8. The van der Waals surface area contributed by atoms with Gasteiger partial charge >= 0.3 is 12.0 Å². The van der Waals surface area contributed by atoms with E-state index in [0.717, 1.165) is 16.8 Å². The number of carbonyl (C=O) groups is 2. The van der Waals surface area contributed by atoms with E-state index in [9.17, 15) is 18.0 Å². The van der Waals surface area contributed by atoms with Crippen LogP contribution in [0, 0.1) is 13.8 Å². The Morgan fingerprint density at radius 2 is 1.77 bits per heavy atom. The van der Waals surface area contributed by atoms with Crippen molar-refractivity contribution in [2.24, 2.45) is 0 Å². The largest absolute Gasteiger partial charge is 0.480 e. The fourth-order valence-electron chi connectivity index (χ4n) is 3.84.